The largest absolute Gasteiger partial charge is 0.452 e. The molecule has 0 aliphatic rings. The molecule has 0 saturated heterocycles. The van der Waals surface area contributed by atoms with Gasteiger partial charge in [-0.1, -0.05) is 23.9 Å². The number of carbonyl (C=O) groups excluding carboxylic acids is 2. The van der Waals surface area contributed by atoms with E-state index in [1.807, 2.05) is 32.0 Å². The molecule has 1 N–H and O–H groups in total. The highest BCUT2D eigenvalue weighted by atomic mass is 32.2. The molecule has 1 unspecified atom stereocenters. The molecular weight excluding hydrogens is 368 g/mol. The fourth-order valence-electron chi connectivity index (χ4n) is 2.37. The lowest BCUT2D eigenvalue weighted by molar-refractivity contribution is -0.150. The molecular formula is C18H20N4O4S. The Morgan fingerprint density at radius 2 is 2.04 bits per heavy atom. The average Bonchev–Trinajstić information content (AvgIpc) is 3.26. The van der Waals surface area contributed by atoms with E-state index in [4.69, 9.17) is 9.15 Å². The molecule has 2 heterocycles. The van der Waals surface area contributed by atoms with Crippen molar-refractivity contribution in [2.75, 3.05) is 11.1 Å². The summed E-state index contributed by atoms with van der Waals surface area (Å²) in [6, 6.07) is 9.13. The highest BCUT2D eigenvalue weighted by molar-refractivity contribution is 7.99. The van der Waals surface area contributed by atoms with Gasteiger partial charge in [-0.05, 0) is 32.9 Å². The molecule has 0 saturated carbocycles. The van der Waals surface area contributed by atoms with Gasteiger partial charge in [-0.25, -0.2) is 9.67 Å². The van der Waals surface area contributed by atoms with E-state index in [2.05, 4.69) is 15.4 Å². The third kappa shape index (κ3) is 4.68. The van der Waals surface area contributed by atoms with Crippen LogP contribution in [-0.2, 0) is 14.3 Å². The molecule has 9 heteroatoms. The van der Waals surface area contributed by atoms with Gasteiger partial charge in [-0.3, -0.25) is 9.59 Å². The van der Waals surface area contributed by atoms with Gasteiger partial charge >= 0.3 is 5.97 Å². The van der Waals surface area contributed by atoms with E-state index in [9.17, 15) is 9.59 Å². The number of nitrogens with one attached hydrogen (secondary N) is 1. The number of thioether (sulfide) groups is 1. The molecule has 1 aromatic carbocycles. The Morgan fingerprint density at radius 3 is 2.78 bits per heavy atom. The van der Waals surface area contributed by atoms with Crippen molar-refractivity contribution in [3.8, 4) is 0 Å². The van der Waals surface area contributed by atoms with Crippen LogP contribution in [0.4, 0.5) is 5.82 Å². The van der Waals surface area contributed by atoms with Crippen molar-refractivity contribution in [3.63, 3.8) is 0 Å². The zero-order valence-electron chi connectivity index (χ0n) is 15.2. The second-order valence-corrected chi connectivity index (χ2v) is 7.04. The van der Waals surface area contributed by atoms with Crippen LogP contribution in [0, 0.1) is 0 Å². The number of oxazole rings is 1. The number of benzene rings is 1. The number of hydrogen-bond donors (Lipinski definition) is 1. The van der Waals surface area contributed by atoms with Crippen molar-refractivity contribution < 1.29 is 18.7 Å². The quantitative estimate of drug-likeness (QED) is 0.490. The number of fused-ring (bicyclic) bond motifs is 1. The third-order valence-corrected chi connectivity index (χ3v) is 4.48. The second kappa shape index (κ2) is 8.26. The molecule has 3 aromatic rings. The topological polar surface area (TPSA) is 99.2 Å². The van der Waals surface area contributed by atoms with Crippen LogP contribution < -0.4 is 5.32 Å². The smallest absolute Gasteiger partial charge is 0.317 e. The summed E-state index contributed by atoms with van der Waals surface area (Å²) in [7, 11) is 0. The number of rotatable bonds is 7. The van der Waals surface area contributed by atoms with Gasteiger partial charge < -0.3 is 14.5 Å². The van der Waals surface area contributed by atoms with Gasteiger partial charge in [0.05, 0.1) is 6.20 Å². The molecule has 0 aliphatic carbocycles. The van der Waals surface area contributed by atoms with Crippen LogP contribution in [0.25, 0.3) is 11.1 Å². The fraction of sp³-hybridized carbons (Fsp3) is 0.333. The molecule has 2 aromatic heterocycles. The Kier molecular flexibility index (Phi) is 5.80. The minimum atomic E-state index is -0.933. The first-order valence-electron chi connectivity index (χ1n) is 8.46. The molecule has 142 valence electrons. The number of ether oxygens (including phenoxy) is 1. The van der Waals surface area contributed by atoms with Crippen LogP contribution in [0.3, 0.4) is 0 Å². The minimum Gasteiger partial charge on any atom is -0.452 e. The number of carbonyl (C=O) groups is 2. The van der Waals surface area contributed by atoms with Gasteiger partial charge in [0.2, 0.25) is 0 Å². The average molecular weight is 388 g/mol. The first-order chi connectivity index (χ1) is 12.9. The second-order valence-electron chi connectivity index (χ2n) is 6.11. The van der Waals surface area contributed by atoms with Crippen molar-refractivity contribution in [1.82, 2.24) is 14.8 Å². The summed E-state index contributed by atoms with van der Waals surface area (Å²) in [5.74, 6) is -0.396. The van der Waals surface area contributed by atoms with Gasteiger partial charge in [-0.15, -0.1) is 0 Å². The van der Waals surface area contributed by atoms with E-state index in [0.29, 0.717) is 16.6 Å². The van der Waals surface area contributed by atoms with E-state index < -0.39 is 18.0 Å². The summed E-state index contributed by atoms with van der Waals surface area (Å²) < 4.78 is 12.4. The number of hydrogen-bond acceptors (Lipinski definition) is 7. The van der Waals surface area contributed by atoms with Crippen LogP contribution in [0.5, 0.6) is 0 Å². The summed E-state index contributed by atoms with van der Waals surface area (Å²) in [6.45, 7) is 5.43. The van der Waals surface area contributed by atoms with Crippen molar-refractivity contribution in [3.05, 3.63) is 36.5 Å². The maximum absolute atomic E-state index is 12.2. The van der Waals surface area contributed by atoms with E-state index >= 15 is 0 Å². The lowest BCUT2D eigenvalue weighted by Gasteiger charge is -2.15. The van der Waals surface area contributed by atoms with Crippen LogP contribution in [0.1, 0.15) is 26.8 Å². The minimum absolute atomic E-state index is 0.00559. The van der Waals surface area contributed by atoms with Crippen LogP contribution in [-0.4, -0.2) is 38.5 Å². The lowest BCUT2D eigenvalue weighted by Crippen LogP contribution is -2.31. The summed E-state index contributed by atoms with van der Waals surface area (Å²) in [5.41, 5.74) is 1.38. The van der Waals surface area contributed by atoms with E-state index in [-0.39, 0.29) is 11.8 Å². The van der Waals surface area contributed by atoms with Gasteiger partial charge in [0, 0.05) is 12.1 Å². The van der Waals surface area contributed by atoms with Crippen molar-refractivity contribution in [2.24, 2.45) is 0 Å². The Bertz CT molecular complexity index is 917. The molecule has 3 rings (SSSR count). The van der Waals surface area contributed by atoms with E-state index in [0.717, 1.165) is 17.3 Å². The summed E-state index contributed by atoms with van der Waals surface area (Å²) in [5, 5.41) is 7.24. The van der Waals surface area contributed by atoms with E-state index in [1.165, 1.54) is 6.92 Å². The molecule has 0 spiro atoms. The molecule has 1 amide bonds. The van der Waals surface area contributed by atoms with Crippen molar-refractivity contribution >= 4 is 40.6 Å². The SMILES string of the molecule is CC(OC(=O)CSc1nc2ccccc2o1)C(=O)Nc1ccnn1C(C)C. The van der Waals surface area contributed by atoms with Crippen LogP contribution >= 0.6 is 11.8 Å². The first-order valence-corrected chi connectivity index (χ1v) is 9.45. The number of amides is 1. The maximum Gasteiger partial charge on any atom is 0.317 e. The Balaban J connectivity index is 1.50. The molecule has 0 radical (unpaired) electrons. The van der Waals surface area contributed by atoms with Crippen LogP contribution in [0.15, 0.2) is 46.2 Å². The molecule has 27 heavy (non-hydrogen) atoms. The number of esters is 1. The van der Waals surface area contributed by atoms with Gasteiger partial charge in [-0.2, -0.15) is 5.10 Å². The van der Waals surface area contributed by atoms with Crippen molar-refractivity contribution in [1.29, 1.82) is 0 Å². The summed E-state index contributed by atoms with van der Waals surface area (Å²) >= 11 is 1.12. The Hall–Kier alpha value is -2.81. The Morgan fingerprint density at radius 1 is 1.26 bits per heavy atom. The van der Waals surface area contributed by atoms with Crippen LogP contribution in [0.2, 0.25) is 0 Å². The molecule has 0 fully saturated rings. The number of para-hydroxylation sites is 2. The highest BCUT2D eigenvalue weighted by Gasteiger charge is 2.20. The van der Waals surface area contributed by atoms with Gasteiger partial charge in [0.1, 0.15) is 17.1 Å². The Labute approximate surface area is 160 Å². The molecule has 1 atom stereocenters. The number of aromatic nitrogens is 3. The lowest BCUT2D eigenvalue weighted by atomic mass is 10.3. The normalized spacial score (nSPS) is 12.3. The predicted molar refractivity (Wildman–Crippen MR) is 102 cm³/mol. The number of anilines is 1. The standard InChI is InChI=1S/C18H20N4O4S/c1-11(2)22-15(8-9-19-22)21-17(24)12(3)25-16(23)10-27-18-20-13-6-4-5-7-14(13)26-18/h4-9,11-12H,10H2,1-3H3,(H,21,24). The summed E-state index contributed by atoms with van der Waals surface area (Å²) in [4.78, 5) is 28.5. The first kappa shape index (κ1) is 19.0. The molecule has 0 bridgehead atoms. The third-order valence-electron chi connectivity index (χ3n) is 3.68. The zero-order chi connectivity index (χ0) is 19.4. The molecule has 8 nitrogen and oxygen atoms in total. The van der Waals surface area contributed by atoms with Crippen molar-refractivity contribution in [2.45, 2.75) is 38.1 Å². The van der Waals surface area contributed by atoms with Gasteiger partial charge in [0.25, 0.3) is 11.1 Å². The number of nitrogens with zero attached hydrogens (tertiary/aromatic N) is 3. The van der Waals surface area contributed by atoms with Gasteiger partial charge in [0.15, 0.2) is 11.7 Å². The van der Waals surface area contributed by atoms with E-state index in [1.54, 1.807) is 23.0 Å². The highest BCUT2D eigenvalue weighted by Crippen LogP contribution is 2.23. The monoisotopic (exact) mass is 388 g/mol. The fourth-order valence-corrected chi connectivity index (χ4v) is 2.99. The molecule has 0 aliphatic heterocycles. The maximum atomic E-state index is 12.2. The zero-order valence-corrected chi connectivity index (χ0v) is 16.0. The summed E-state index contributed by atoms with van der Waals surface area (Å²) in [6.07, 6.45) is 0.667. The predicted octanol–water partition coefficient (Wildman–Crippen LogP) is 3.27.